The first-order valence-electron chi connectivity index (χ1n) is 6.91. The van der Waals surface area contributed by atoms with E-state index in [1.165, 1.54) is 0 Å². The first-order valence-corrected chi connectivity index (χ1v) is 7.29. The van der Waals surface area contributed by atoms with Crippen molar-refractivity contribution in [2.75, 3.05) is 13.6 Å². The number of benzene rings is 2. The molecule has 0 radical (unpaired) electrons. The Morgan fingerprint density at radius 1 is 1.10 bits per heavy atom. The third-order valence-electron chi connectivity index (χ3n) is 3.70. The van der Waals surface area contributed by atoms with E-state index in [1.807, 2.05) is 49.5 Å². The first kappa shape index (κ1) is 14.0. The van der Waals surface area contributed by atoms with E-state index in [9.17, 15) is 4.79 Å². The van der Waals surface area contributed by atoms with E-state index in [-0.39, 0.29) is 5.91 Å². The number of halogens is 1. The third kappa shape index (κ3) is 3.03. The summed E-state index contributed by atoms with van der Waals surface area (Å²) in [6.07, 6.45) is 1.08. The number of para-hydroxylation sites is 1. The highest BCUT2D eigenvalue weighted by Crippen LogP contribution is 2.31. The molecule has 21 heavy (non-hydrogen) atoms. The van der Waals surface area contributed by atoms with Gasteiger partial charge in [0.15, 0.2) is 0 Å². The van der Waals surface area contributed by atoms with Crippen LogP contribution in [0.15, 0.2) is 42.5 Å². The number of hydrogen-bond acceptors (Lipinski definition) is 2. The molecule has 1 amide bonds. The summed E-state index contributed by atoms with van der Waals surface area (Å²) in [4.78, 5) is 14.0. The van der Waals surface area contributed by atoms with Gasteiger partial charge in [0.25, 0.3) is 0 Å². The summed E-state index contributed by atoms with van der Waals surface area (Å²) in [5, 5.41) is 0.677. The molecule has 0 saturated carbocycles. The van der Waals surface area contributed by atoms with Crippen LogP contribution in [0.25, 0.3) is 0 Å². The van der Waals surface area contributed by atoms with Crippen LogP contribution in [0.2, 0.25) is 5.02 Å². The fraction of sp³-hybridized carbons (Fsp3) is 0.235. The van der Waals surface area contributed by atoms with Crippen LogP contribution >= 0.6 is 11.6 Å². The first-order chi connectivity index (χ1) is 10.1. The SMILES string of the molecule is CN1CCc2cc(Cl)ccc2Oc2ccccc2CC1=O. The number of fused-ring (bicyclic) bond motifs is 2. The van der Waals surface area contributed by atoms with Crippen molar-refractivity contribution in [1.29, 1.82) is 0 Å². The van der Waals surface area contributed by atoms with Crippen molar-refractivity contribution in [3.63, 3.8) is 0 Å². The van der Waals surface area contributed by atoms with Crippen molar-refractivity contribution in [1.82, 2.24) is 4.90 Å². The molecule has 0 bridgehead atoms. The Hall–Kier alpha value is -2.00. The number of amides is 1. The maximum Gasteiger partial charge on any atom is 0.226 e. The van der Waals surface area contributed by atoms with Gasteiger partial charge in [-0.3, -0.25) is 4.79 Å². The minimum Gasteiger partial charge on any atom is -0.457 e. The standard InChI is InChI=1S/C17H16ClNO2/c1-19-9-8-13-10-14(18)6-7-16(13)21-15-5-3-2-4-12(15)11-17(19)20/h2-7,10H,8-9,11H2,1H3. The average molecular weight is 302 g/mol. The van der Waals surface area contributed by atoms with E-state index in [2.05, 4.69) is 0 Å². The number of likely N-dealkylation sites (N-methyl/N-ethyl adjacent to an activating group) is 1. The molecule has 0 aromatic heterocycles. The molecule has 2 aromatic carbocycles. The van der Waals surface area contributed by atoms with Gasteiger partial charge < -0.3 is 9.64 Å². The van der Waals surface area contributed by atoms with Crippen molar-refractivity contribution in [2.45, 2.75) is 12.8 Å². The summed E-state index contributed by atoms with van der Waals surface area (Å²) < 4.78 is 6.03. The number of carbonyl (C=O) groups excluding carboxylic acids is 1. The van der Waals surface area contributed by atoms with Crippen LogP contribution in [0.5, 0.6) is 11.5 Å². The van der Waals surface area contributed by atoms with Gasteiger partial charge in [-0.25, -0.2) is 0 Å². The number of ether oxygens (including phenoxy) is 1. The van der Waals surface area contributed by atoms with Crippen LogP contribution in [0, 0.1) is 0 Å². The fourth-order valence-electron chi connectivity index (χ4n) is 2.42. The Labute approximate surface area is 129 Å². The summed E-state index contributed by atoms with van der Waals surface area (Å²) in [7, 11) is 1.83. The summed E-state index contributed by atoms with van der Waals surface area (Å²) in [5.41, 5.74) is 1.91. The van der Waals surface area contributed by atoms with Gasteiger partial charge in [0.05, 0.1) is 6.42 Å². The van der Waals surface area contributed by atoms with Crippen LogP contribution < -0.4 is 4.74 Å². The normalized spacial score (nSPS) is 15.0. The zero-order chi connectivity index (χ0) is 14.8. The largest absolute Gasteiger partial charge is 0.457 e. The summed E-state index contributed by atoms with van der Waals surface area (Å²) in [5.74, 6) is 1.62. The lowest BCUT2D eigenvalue weighted by molar-refractivity contribution is -0.129. The van der Waals surface area contributed by atoms with Gasteiger partial charge in [0.2, 0.25) is 5.91 Å². The molecule has 2 aromatic rings. The van der Waals surface area contributed by atoms with Gasteiger partial charge >= 0.3 is 0 Å². The quantitative estimate of drug-likeness (QED) is 0.743. The van der Waals surface area contributed by atoms with Gasteiger partial charge in [0.1, 0.15) is 11.5 Å². The van der Waals surface area contributed by atoms with Gasteiger partial charge in [-0.15, -0.1) is 0 Å². The van der Waals surface area contributed by atoms with Gasteiger partial charge in [-0.05, 0) is 36.2 Å². The second-order valence-corrected chi connectivity index (χ2v) is 5.64. The van der Waals surface area contributed by atoms with Gasteiger partial charge in [-0.1, -0.05) is 29.8 Å². The van der Waals surface area contributed by atoms with E-state index < -0.39 is 0 Å². The molecule has 4 heteroatoms. The third-order valence-corrected chi connectivity index (χ3v) is 3.93. The Balaban J connectivity index is 2.07. The summed E-state index contributed by atoms with van der Waals surface area (Å²) in [6, 6.07) is 13.3. The highest BCUT2D eigenvalue weighted by molar-refractivity contribution is 6.30. The van der Waals surface area contributed by atoms with Crippen LogP contribution in [0.1, 0.15) is 11.1 Å². The molecule has 1 aliphatic heterocycles. The zero-order valence-corrected chi connectivity index (χ0v) is 12.6. The molecule has 1 aliphatic rings. The zero-order valence-electron chi connectivity index (χ0n) is 11.8. The number of rotatable bonds is 0. The van der Waals surface area contributed by atoms with E-state index in [4.69, 9.17) is 16.3 Å². The van der Waals surface area contributed by atoms with E-state index in [0.29, 0.717) is 18.0 Å². The van der Waals surface area contributed by atoms with Crippen molar-refractivity contribution < 1.29 is 9.53 Å². The van der Waals surface area contributed by atoms with Crippen molar-refractivity contribution in [3.05, 3.63) is 58.6 Å². The predicted octanol–water partition coefficient (Wildman–Crippen LogP) is 3.69. The molecule has 0 atom stereocenters. The second-order valence-electron chi connectivity index (χ2n) is 5.20. The highest BCUT2D eigenvalue weighted by Gasteiger charge is 2.17. The van der Waals surface area contributed by atoms with Crippen LogP contribution in [-0.4, -0.2) is 24.4 Å². The highest BCUT2D eigenvalue weighted by atomic mass is 35.5. The topological polar surface area (TPSA) is 29.5 Å². The summed E-state index contributed by atoms with van der Waals surface area (Å²) in [6.45, 7) is 0.650. The molecule has 1 heterocycles. The smallest absolute Gasteiger partial charge is 0.226 e. The molecule has 0 saturated heterocycles. The molecule has 0 aliphatic carbocycles. The minimum absolute atomic E-state index is 0.0940. The number of nitrogens with zero attached hydrogens (tertiary/aromatic N) is 1. The fourth-order valence-corrected chi connectivity index (χ4v) is 2.62. The number of carbonyl (C=O) groups is 1. The van der Waals surface area contributed by atoms with Crippen LogP contribution in [-0.2, 0) is 17.6 Å². The lowest BCUT2D eigenvalue weighted by Crippen LogP contribution is -2.30. The average Bonchev–Trinajstić information content (AvgIpc) is 2.48. The Morgan fingerprint density at radius 2 is 1.86 bits per heavy atom. The monoisotopic (exact) mass is 301 g/mol. The van der Waals surface area contributed by atoms with Crippen molar-refractivity contribution in [3.8, 4) is 11.5 Å². The van der Waals surface area contributed by atoms with Crippen molar-refractivity contribution >= 4 is 17.5 Å². The molecule has 0 fully saturated rings. The van der Waals surface area contributed by atoms with Gasteiger partial charge in [0, 0.05) is 24.2 Å². The molecule has 0 N–H and O–H groups in total. The van der Waals surface area contributed by atoms with Crippen LogP contribution in [0.4, 0.5) is 0 Å². The van der Waals surface area contributed by atoms with Gasteiger partial charge in [-0.2, -0.15) is 0 Å². The molecular formula is C17H16ClNO2. The maximum atomic E-state index is 12.2. The Morgan fingerprint density at radius 3 is 2.71 bits per heavy atom. The van der Waals surface area contributed by atoms with E-state index >= 15 is 0 Å². The molecule has 0 unspecified atom stereocenters. The van der Waals surface area contributed by atoms with E-state index in [0.717, 1.165) is 29.0 Å². The number of hydrogen-bond donors (Lipinski definition) is 0. The maximum absolute atomic E-state index is 12.2. The lowest BCUT2D eigenvalue weighted by Gasteiger charge is -2.22. The predicted molar refractivity (Wildman–Crippen MR) is 83.0 cm³/mol. The second kappa shape index (κ2) is 5.78. The molecule has 0 spiro atoms. The summed E-state index contributed by atoms with van der Waals surface area (Å²) >= 11 is 6.07. The Kier molecular flexibility index (Phi) is 3.84. The van der Waals surface area contributed by atoms with Crippen LogP contribution in [0.3, 0.4) is 0 Å². The molecule has 108 valence electrons. The molecular weight excluding hydrogens is 286 g/mol. The van der Waals surface area contributed by atoms with Crippen molar-refractivity contribution in [2.24, 2.45) is 0 Å². The molecule has 3 nitrogen and oxygen atoms in total. The molecule has 3 rings (SSSR count). The van der Waals surface area contributed by atoms with E-state index in [1.54, 1.807) is 4.90 Å². The minimum atomic E-state index is 0.0940. The lowest BCUT2D eigenvalue weighted by atomic mass is 10.1. The Bertz CT molecular complexity index is 684.